The van der Waals surface area contributed by atoms with Crippen molar-refractivity contribution in [2.45, 2.75) is 36.9 Å². The molecule has 27 heavy (non-hydrogen) atoms. The molecule has 2 heterocycles. The number of benzene rings is 1. The molecule has 0 spiro atoms. The molecule has 0 bridgehead atoms. The fourth-order valence-corrected chi connectivity index (χ4v) is 5.95. The lowest BCUT2D eigenvalue weighted by atomic mass is 9.91. The SMILES string of the molecule is C[C@@H]1C[C@@H](C)CN(C(=O)[C@H](Cc2ccccc2)NS(=O)(=O)c2cccs2)C1. The Hall–Kier alpha value is -1.70. The van der Waals surface area contributed by atoms with Gasteiger partial charge in [0.05, 0.1) is 0 Å². The average Bonchev–Trinajstić information content (AvgIpc) is 3.16. The summed E-state index contributed by atoms with van der Waals surface area (Å²) in [4.78, 5) is 15.1. The Morgan fingerprint density at radius 2 is 1.81 bits per heavy atom. The standard InChI is InChI=1S/C20H26N2O3S2/c1-15-11-16(2)14-22(13-15)20(23)18(12-17-7-4-3-5-8-17)21-27(24,25)19-9-6-10-26-19/h3-10,15-16,18,21H,11-14H2,1-2H3/t15-,16-,18+/m1/s1. The van der Waals surface area contributed by atoms with Crippen LogP contribution in [0.25, 0.3) is 0 Å². The molecule has 1 saturated heterocycles. The molecule has 1 aromatic carbocycles. The Balaban J connectivity index is 1.84. The second-order valence-electron chi connectivity index (χ2n) is 7.48. The quantitative estimate of drug-likeness (QED) is 0.801. The molecule has 1 fully saturated rings. The lowest BCUT2D eigenvalue weighted by Crippen LogP contribution is -2.53. The minimum atomic E-state index is -3.73. The van der Waals surface area contributed by atoms with E-state index in [2.05, 4.69) is 18.6 Å². The van der Waals surface area contributed by atoms with Crippen molar-refractivity contribution in [3.63, 3.8) is 0 Å². The third-order valence-corrected chi connectivity index (χ3v) is 7.69. The Morgan fingerprint density at radius 3 is 2.41 bits per heavy atom. The van der Waals surface area contributed by atoms with Crippen LogP contribution in [0, 0.1) is 11.8 Å². The molecule has 1 aromatic heterocycles. The van der Waals surface area contributed by atoms with E-state index in [1.165, 1.54) is 0 Å². The van der Waals surface area contributed by atoms with Crippen LogP contribution < -0.4 is 4.72 Å². The first-order valence-electron chi connectivity index (χ1n) is 9.23. The van der Waals surface area contributed by atoms with Gasteiger partial charge in [-0.1, -0.05) is 50.2 Å². The van der Waals surface area contributed by atoms with E-state index < -0.39 is 16.1 Å². The Morgan fingerprint density at radius 1 is 1.15 bits per heavy atom. The van der Waals surface area contributed by atoms with Crippen LogP contribution in [0.15, 0.2) is 52.1 Å². The zero-order chi connectivity index (χ0) is 19.4. The van der Waals surface area contributed by atoms with Gasteiger partial charge >= 0.3 is 0 Å². The maximum Gasteiger partial charge on any atom is 0.250 e. The lowest BCUT2D eigenvalue weighted by Gasteiger charge is -2.37. The highest BCUT2D eigenvalue weighted by Crippen LogP contribution is 2.23. The molecule has 1 aliphatic rings. The normalized spacial score (nSPS) is 21.8. The van der Waals surface area contributed by atoms with Crippen molar-refractivity contribution in [1.82, 2.24) is 9.62 Å². The lowest BCUT2D eigenvalue weighted by molar-refractivity contribution is -0.135. The molecule has 3 rings (SSSR count). The maximum absolute atomic E-state index is 13.2. The second-order valence-corrected chi connectivity index (χ2v) is 10.4. The number of thiophene rings is 1. The van der Waals surface area contributed by atoms with Crippen molar-refractivity contribution >= 4 is 27.3 Å². The van der Waals surface area contributed by atoms with Gasteiger partial charge in [0.1, 0.15) is 10.3 Å². The molecule has 1 N–H and O–H groups in total. The van der Waals surface area contributed by atoms with Gasteiger partial charge in [-0.15, -0.1) is 11.3 Å². The monoisotopic (exact) mass is 406 g/mol. The largest absolute Gasteiger partial charge is 0.341 e. The Bertz CT molecular complexity index is 841. The minimum absolute atomic E-state index is 0.141. The van der Waals surface area contributed by atoms with Gasteiger partial charge in [-0.05, 0) is 41.7 Å². The van der Waals surface area contributed by atoms with Crippen LogP contribution in [0.4, 0.5) is 0 Å². The van der Waals surface area contributed by atoms with Crippen LogP contribution in [0.1, 0.15) is 25.8 Å². The molecule has 2 aromatic rings. The highest BCUT2D eigenvalue weighted by atomic mass is 32.2. The highest BCUT2D eigenvalue weighted by Gasteiger charge is 2.33. The van der Waals surface area contributed by atoms with Gasteiger partial charge in [0, 0.05) is 13.1 Å². The Kier molecular flexibility index (Phi) is 6.34. The third-order valence-electron chi connectivity index (χ3n) is 4.82. The van der Waals surface area contributed by atoms with Gasteiger partial charge in [-0.3, -0.25) is 4.79 Å². The van der Waals surface area contributed by atoms with E-state index in [-0.39, 0.29) is 10.1 Å². The predicted octanol–water partition coefficient (Wildman–Crippen LogP) is 3.14. The average molecular weight is 407 g/mol. The van der Waals surface area contributed by atoms with Crippen molar-refractivity contribution in [2.24, 2.45) is 11.8 Å². The molecule has 0 unspecified atom stereocenters. The predicted molar refractivity (Wildman–Crippen MR) is 108 cm³/mol. The summed E-state index contributed by atoms with van der Waals surface area (Å²) in [5.74, 6) is 0.699. The smallest absolute Gasteiger partial charge is 0.250 e. The molecule has 0 saturated carbocycles. The van der Waals surface area contributed by atoms with Gasteiger partial charge in [0.2, 0.25) is 5.91 Å². The molecule has 1 amide bonds. The molecule has 0 aliphatic carbocycles. The number of hydrogen-bond acceptors (Lipinski definition) is 4. The Labute approximate surface area is 165 Å². The van der Waals surface area contributed by atoms with E-state index in [4.69, 9.17) is 0 Å². The number of amides is 1. The summed E-state index contributed by atoms with van der Waals surface area (Å²) in [6.45, 7) is 5.63. The van der Waals surface area contributed by atoms with E-state index in [1.807, 2.05) is 35.2 Å². The van der Waals surface area contributed by atoms with Crippen molar-refractivity contribution in [2.75, 3.05) is 13.1 Å². The number of likely N-dealkylation sites (tertiary alicyclic amines) is 1. The van der Waals surface area contributed by atoms with Crippen molar-refractivity contribution in [3.05, 3.63) is 53.4 Å². The summed E-state index contributed by atoms with van der Waals surface area (Å²) >= 11 is 1.15. The summed E-state index contributed by atoms with van der Waals surface area (Å²) in [5.41, 5.74) is 0.933. The number of carbonyl (C=O) groups is 1. The molecule has 0 radical (unpaired) electrons. The summed E-state index contributed by atoms with van der Waals surface area (Å²) in [6, 6.07) is 12.0. The molecular formula is C20H26N2O3S2. The van der Waals surface area contributed by atoms with Crippen LogP contribution in [0.5, 0.6) is 0 Å². The van der Waals surface area contributed by atoms with E-state index in [1.54, 1.807) is 17.5 Å². The molecule has 7 heteroatoms. The zero-order valence-electron chi connectivity index (χ0n) is 15.7. The first-order chi connectivity index (χ1) is 12.8. The first kappa shape index (κ1) is 20.0. The highest BCUT2D eigenvalue weighted by molar-refractivity contribution is 7.91. The van der Waals surface area contributed by atoms with E-state index in [0.29, 0.717) is 31.3 Å². The molecule has 1 aliphatic heterocycles. The van der Waals surface area contributed by atoms with Crippen molar-refractivity contribution in [1.29, 1.82) is 0 Å². The van der Waals surface area contributed by atoms with E-state index in [9.17, 15) is 13.2 Å². The van der Waals surface area contributed by atoms with Gasteiger partial charge in [-0.2, -0.15) is 4.72 Å². The molecule has 3 atom stereocenters. The summed E-state index contributed by atoms with van der Waals surface area (Å²) in [5, 5.41) is 1.72. The first-order valence-corrected chi connectivity index (χ1v) is 11.6. The maximum atomic E-state index is 13.2. The summed E-state index contributed by atoms with van der Waals surface area (Å²) in [6.07, 6.45) is 1.43. The summed E-state index contributed by atoms with van der Waals surface area (Å²) in [7, 11) is -3.73. The van der Waals surface area contributed by atoms with Crippen LogP contribution in [0.2, 0.25) is 0 Å². The topological polar surface area (TPSA) is 66.5 Å². The van der Waals surface area contributed by atoms with Gasteiger partial charge in [0.15, 0.2) is 0 Å². The zero-order valence-corrected chi connectivity index (χ0v) is 17.3. The molecule has 146 valence electrons. The minimum Gasteiger partial charge on any atom is -0.341 e. The number of nitrogens with zero attached hydrogens (tertiary/aromatic N) is 1. The fraction of sp³-hybridized carbons (Fsp3) is 0.450. The number of piperidine rings is 1. The van der Waals surface area contributed by atoms with Gasteiger partial charge in [-0.25, -0.2) is 8.42 Å². The molecule has 5 nitrogen and oxygen atoms in total. The van der Waals surface area contributed by atoms with Crippen LogP contribution in [-0.4, -0.2) is 38.4 Å². The summed E-state index contributed by atoms with van der Waals surface area (Å²) < 4.78 is 28.4. The van der Waals surface area contributed by atoms with Crippen molar-refractivity contribution < 1.29 is 13.2 Å². The molecular weight excluding hydrogens is 380 g/mol. The third kappa shape index (κ3) is 5.18. The van der Waals surface area contributed by atoms with Gasteiger partial charge < -0.3 is 4.90 Å². The number of rotatable bonds is 6. The number of nitrogens with one attached hydrogen (secondary N) is 1. The second kappa shape index (κ2) is 8.54. The van der Waals surface area contributed by atoms with E-state index >= 15 is 0 Å². The van der Waals surface area contributed by atoms with Crippen molar-refractivity contribution in [3.8, 4) is 0 Å². The number of hydrogen-bond donors (Lipinski definition) is 1. The van der Waals surface area contributed by atoms with Crippen LogP contribution >= 0.6 is 11.3 Å². The number of carbonyl (C=O) groups excluding carboxylic acids is 1. The number of sulfonamides is 1. The van der Waals surface area contributed by atoms with Crippen LogP contribution in [0.3, 0.4) is 0 Å². The van der Waals surface area contributed by atoms with E-state index in [0.717, 1.165) is 23.3 Å². The van der Waals surface area contributed by atoms with Gasteiger partial charge in [0.25, 0.3) is 10.0 Å². The fourth-order valence-electron chi connectivity index (χ4n) is 3.75. The van der Waals surface area contributed by atoms with Crippen LogP contribution in [-0.2, 0) is 21.2 Å².